The molecule has 0 N–H and O–H groups in total. The number of ether oxygens (including phenoxy) is 1. The van der Waals surface area contributed by atoms with Crippen molar-refractivity contribution in [3.8, 4) is 0 Å². The van der Waals surface area contributed by atoms with Gasteiger partial charge < -0.3 is 13.7 Å². The Kier molecular flexibility index (Phi) is 5.48. The molecule has 2 aromatic heterocycles. The number of esters is 1. The molecular formula is C17H18BrN3O3S. The number of thioether (sulfide) groups is 1. The number of carbonyl (C=O) groups excluding carboxylic acids is 1. The van der Waals surface area contributed by atoms with Crippen molar-refractivity contribution in [1.82, 2.24) is 14.8 Å². The van der Waals surface area contributed by atoms with E-state index in [1.165, 1.54) is 11.8 Å². The minimum atomic E-state index is -0.448. The number of halogens is 1. The minimum Gasteiger partial charge on any atom is -0.460 e. The standard InChI is InChI=1S/C17H18BrN3O3S/c1-4-23-16(22)15-13(12-7-11(18)5-6-14(12)24-15)8-25-17-20-19-9-21(17)10(2)3/h5-7,9-10H,4,8H2,1-3H3. The van der Waals surface area contributed by atoms with Crippen LogP contribution in [0.5, 0.6) is 0 Å². The third-order valence-corrected chi connectivity index (χ3v) is 5.13. The van der Waals surface area contributed by atoms with Crippen molar-refractivity contribution in [1.29, 1.82) is 0 Å². The Morgan fingerprint density at radius 3 is 2.96 bits per heavy atom. The van der Waals surface area contributed by atoms with Gasteiger partial charge in [-0.3, -0.25) is 0 Å². The van der Waals surface area contributed by atoms with Gasteiger partial charge in [-0.15, -0.1) is 10.2 Å². The molecule has 2 heterocycles. The molecule has 0 fully saturated rings. The summed E-state index contributed by atoms with van der Waals surface area (Å²) in [6.07, 6.45) is 1.71. The van der Waals surface area contributed by atoms with E-state index in [2.05, 4.69) is 40.0 Å². The first-order valence-corrected chi connectivity index (χ1v) is 9.69. The summed E-state index contributed by atoms with van der Waals surface area (Å²) < 4.78 is 13.8. The van der Waals surface area contributed by atoms with Crippen LogP contribution in [0.3, 0.4) is 0 Å². The van der Waals surface area contributed by atoms with Gasteiger partial charge in [0, 0.05) is 27.2 Å². The maximum atomic E-state index is 12.3. The van der Waals surface area contributed by atoms with Crippen LogP contribution >= 0.6 is 27.7 Å². The van der Waals surface area contributed by atoms with Crippen molar-refractivity contribution in [3.05, 3.63) is 40.3 Å². The molecule has 0 unspecified atom stereocenters. The molecule has 0 spiro atoms. The monoisotopic (exact) mass is 423 g/mol. The van der Waals surface area contributed by atoms with E-state index in [9.17, 15) is 4.79 Å². The molecule has 0 aliphatic rings. The Hall–Kier alpha value is -1.80. The highest BCUT2D eigenvalue weighted by atomic mass is 79.9. The number of aromatic nitrogens is 3. The first-order valence-electron chi connectivity index (χ1n) is 7.91. The lowest BCUT2D eigenvalue weighted by atomic mass is 10.1. The van der Waals surface area contributed by atoms with Crippen LogP contribution in [0.15, 0.2) is 38.6 Å². The van der Waals surface area contributed by atoms with Crippen molar-refractivity contribution in [2.45, 2.75) is 37.7 Å². The smallest absolute Gasteiger partial charge is 0.374 e. The van der Waals surface area contributed by atoms with Crippen molar-refractivity contribution in [2.24, 2.45) is 0 Å². The molecule has 25 heavy (non-hydrogen) atoms. The third kappa shape index (κ3) is 3.74. The van der Waals surface area contributed by atoms with Crippen molar-refractivity contribution < 1.29 is 13.9 Å². The van der Waals surface area contributed by atoms with E-state index in [1.54, 1.807) is 13.3 Å². The van der Waals surface area contributed by atoms with Crippen LogP contribution in [0.4, 0.5) is 0 Å². The molecule has 1 aromatic carbocycles. The lowest BCUT2D eigenvalue weighted by molar-refractivity contribution is 0.0491. The molecule has 8 heteroatoms. The van der Waals surface area contributed by atoms with Gasteiger partial charge in [0.1, 0.15) is 11.9 Å². The Bertz CT molecular complexity index is 904. The van der Waals surface area contributed by atoms with Gasteiger partial charge in [0.25, 0.3) is 0 Å². The molecule has 0 amide bonds. The fourth-order valence-electron chi connectivity index (χ4n) is 2.45. The van der Waals surface area contributed by atoms with E-state index in [4.69, 9.17) is 9.15 Å². The summed E-state index contributed by atoms with van der Waals surface area (Å²) >= 11 is 4.99. The predicted octanol–water partition coefficient (Wildman–Crippen LogP) is 4.84. The van der Waals surface area contributed by atoms with Gasteiger partial charge >= 0.3 is 5.97 Å². The first-order chi connectivity index (χ1) is 12.0. The molecule has 0 aliphatic carbocycles. The van der Waals surface area contributed by atoms with Crippen molar-refractivity contribution in [2.75, 3.05) is 6.61 Å². The van der Waals surface area contributed by atoms with Crippen LogP contribution in [0.2, 0.25) is 0 Å². The molecule has 0 atom stereocenters. The average molecular weight is 424 g/mol. The molecule has 3 rings (SSSR count). The lowest BCUT2D eigenvalue weighted by Crippen LogP contribution is -2.06. The summed E-state index contributed by atoms with van der Waals surface area (Å²) in [7, 11) is 0. The summed E-state index contributed by atoms with van der Waals surface area (Å²) in [5.41, 5.74) is 1.46. The number of fused-ring (bicyclic) bond motifs is 1. The second-order valence-corrected chi connectivity index (χ2v) is 7.53. The van der Waals surface area contributed by atoms with Crippen LogP contribution in [0.1, 0.15) is 42.9 Å². The highest BCUT2D eigenvalue weighted by Crippen LogP contribution is 2.34. The molecule has 3 aromatic rings. The zero-order chi connectivity index (χ0) is 18.0. The molecule has 132 valence electrons. The molecule has 0 saturated heterocycles. The highest BCUT2D eigenvalue weighted by molar-refractivity contribution is 9.10. The maximum absolute atomic E-state index is 12.3. The lowest BCUT2D eigenvalue weighted by Gasteiger charge is -2.09. The largest absolute Gasteiger partial charge is 0.460 e. The fourth-order valence-corrected chi connectivity index (χ4v) is 3.88. The van der Waals surface area contributed by atoms with Crippen LogP contribution in [-0.4, -0.2) is 27.3 Å². The minimum absolute atomic E-state index is 0.248. The van der Waals surface area contributed by atoms with E-state index in [1.807, 2.05) is 22.8 Å². The van der Waals surface area contributed by atoms with Crippen molar-refractivity contribution in [3.63, 3.8) is 0 Å². The van der Waals surface area contributed by atoms with Crippen molar-refractivity contribution >= 4 is 44.6 Å². The van der Waals surface area contributed by atoms with Gasteiger partial charge in [0.15, 0.2) is 5.16 Å². The quantitative estimate of drug-likeness (QED) is 0.417. The van der Waals surface area contributed by atoms with Gasteiger partial charge in [0.05, 0.1) is 6.61 Å². The van der Waals surface area contributed by atoms with Crippen LogP contribution < -0.4 is 0 Å². The zero-order valence-corrected chi connectivity index (χ0v) is 16.6. The van der Waals surface area contributed by atoms with Gasteiger partial charge in [-0.05, 0) is 39.0 Å². The molecule has 0 bridgehead atoms. The topological polar surface area (TPSA) is 70.2 Å². The Balaban J connectivity index is 1.98. The predicted molar refractivity (Wildman–Crippen MR) is 99.8 cm³/mol. The molecular weight excluding hydrogens is 406 g/mol. The van der Waals surface area contributed by atoms with Gasteiger partial charge in [-0.2, -0.15) is 0 Å². The molecule has 0 radical (unpaired) electrons. The fraction of sp³-hybridized carbons (Fsp3) is 0.353. The Morgan fingerprint density at radius 1 is 1.44 bits per heavy atom. The van der Waals surface area contributed by atoms with Gasteiger partial charge in [-0.25, -0.2) is 4.79 Å². The number of nitrogens with zero attached hydrogens (tertiary/aromatic N) is 3. The molecule has 0 aliphatic heterocycles. The zero-order valence-electron chi connectivity index (χ0n) is 14.2. The number of carbonyl (C=O) groups is 1. The number of hydrogen-bond acceptors (Lipinski definition) is 6. The number of rotatable bonds is 6. The average Bonchev–Trinajstić information content (AvgIpc) is 3.17. The van der Waals surface area contributed by atoms with Gasteiger partial charge in [0.2, 0.25) is 5.76 Å². The van der Waals surface area contributed by atoms with Crippen LogP contribution in [0.25, 0.3) is 11.0 Å². The summed E-state index contributed by atoms with van der Waals surface area (Å²) in [6, 6.07) is 5.93. The van der Waals surface area contributed by atoms with E-state index in [0.29, 0.717) is 17.9 Å². The van der Waals surface area contributed by atoms with Gasteiger partial charge in [-0.1, -0.05) is 27.7 Å². The number of furan rings is 1. The summed E-state index contributed by atoms with van der Waals surface area (Å²) in [4.78, 5) is 12.3. The van der Waals surface area contributed by atoms with E-state index in [0.717, 1.165) is 20.6 Å². The Morgan fingerprint density at radius 2 is 2.24 bits per heavy atom. The highest BCUT2D eigenvalue weighted by Gasteiger charge is 2.23. The van der Waals surface area contributed by atoms with E-state index < -0.39 is 5.97 Å². The second kappa shape index (κ2) is 7.61. The molecule has 0 saturated carbocycles. The number of hydrogen-bond donors (Lipinski definition) is 0. The SMILES string of the molecule is CCOC(=O)c1oc2ccc(Br)cc2c1CSc1nncn1C(C)C. The Labute approximate surface area is 158 Å². The van der Waals surface area contributed by atoms with E-state index >= 15 is 0 Å². The summed E-state index contributed by atoms with van der Waals surface area (Å²) in [6.45, 7) is 6.22. The normalized spacial score (nSPS) is 11.4. The maximum Gasteiger partial charge on any atom is 0.374 e. The van der Waals surface area contributed by atoms with Crippen LogP contribution in [0, 0.1) is 0 Å². The summed E-state index contributed by atoms with van der Waals surface area (Å²) in [5, 5.41) is 9.83. The number of benzene rings is 1. The first kappa shape index (κ1) is 18.0. The summed E-state index contributed by atoms with van der Waals surface area (Å²) in [5.74, 6) is 0.331. The third-order valence-electron chi connectivity index (χ3n) is 3.66. The van der Waals surface area contributed by atoms with E-state index in [-0.39, 0.29) is 11.8 Å². The second-order valence-electron chi connectivity index (χ2n) is 5.67. The molecule has 6 nitrogen and oxygen atoms in total. The van der Waals surface area contributed by atoms with Crippen LogP contribution in [-0.2, 0) is 10.5 Å².